The molecule has 0 saturated carbocycles. The zero-order valence-electron chi connectivity index (χ0n) is 12.0. The number of carbonyl (C=O) groups excluding carboxylic acids is 1. The first-order valence-electron chi connectivity index (χ1n) is 7.04. The second-order valence-corrected chi connectivity index (χ2v) is 5.39. The predicted molar refractivity (Wildman–Crippen MR) is 73.8 cm³/mol. The molecule has 1 amide bonds. The molecule has 2 unspecified atom stereocenters. The van der Waals surface area contributed by atoms with Crippen LogP contribution in [0.1, 0.15) is 66.2 Å². The zero-order valence-corrected chi connectivity index (χ0v) is 12.0. The van der Waals surface area contributed by atoms with Crippen molar-refractivity contribution >= 4 is 5.91 Å². The van der Waals surface area contributed by atoms with Gasteiger partial charge in [-0.1, -0.05) is 52.9 Å². The first-order chi connectivity index (χ1) is 7.99. The van der Waals surface area contributed by atoms with Gasteiger partial charge in [-0.2, -0.15) is 0 Å². The minimum Gasteiger partial charge on any atom is -0.368 e. The Hall–Kier alpha value is -0.570. The van der Waals surface area contributed by atoms with Gasteiger partial charge in [0.15, 0.2) is 0 Å². The van der Waals surface area contributed by atoms with Gasteiger partial charge >= 0.3 is 0 Å². The quantitative estimate of drug-likeness (QED) is 0.579. The van der Waals surface area contributed by atoms with Gasteiger partial charge in [0.25, 0.3) is 0 Å². The standard InChI is InChI=1S/C14H30N2O/c1-5-6-7-8-9-10-12(4)16-13(11(2)3)14(15)17/h11-13,16H,5-10H2,1-4H3,(H2,15,17). The molecule has 0 aliphatic heterocycles. The Kier molecular flexibility index (Phi) is 9.14. The molecule has 0 aliphatic carbocycles. The fraction of sp³-hybridized carbons (Fsp3) is 0.929. The van der Waals surface area contributed by atoms with Crippen molar-refractivity contribution in [3.63, 3.8) is 0 Å². The van der Waals surface area contributed by atoms with Crippen LogP contribution in [-0.2, 0) is 4.79 Å². The molecule has 0 aromatic heterocycles. The van der Waals surface area contributed by atoms with E-state index in [4.69, 9.17) is 5.73 Å². The SMILES string of the molecule is CCCCCCCC(C)NC(C(N)=O)C(C)C. The van der Waals surface area contributed by atoms with Gasteiger partial charge in [-0.15, -0.1) is 0 Å². The topological polar surface area (TPSA) is 55.1 Å². The fourth-order valence-corrected chi connectivity index (χ4v) is 2.05. The Morgan fingerprint density at radius 2 is 1.71 bits per heavy atom. The maximum Gasteiger partial charge on any atom is 0.234 e. The van der Waals surface area contributed by atoms with E-state index in [1.54, 1.807) is 0 Å². The largest absolute Gasteiger partial charge is 0.368 e. The summed E-state index contributed by atoms with van der Waals surface area (Å²) in [5, 5.41) is 3.33. The highest BCUT2D eigenvalue weighted by atomic mass is 16.1. The molecule has 0 fully saturated rings. The Bertz CT molecular complexity index is 204. The van der Waals surface area contributed by atoms with E-state index in [9.17, 15) is 4.79 Å². The summed E-state index contributed by atoms with van der Waals surface area (Å²) in [6, 6.07) is 0.178. The molecule has 0 saturated heterocycles. The molecule has 3 heteroatoms. The highest BCUT2D eigenvalue weighted by molar-refractivity contribution is 5.80. The summed E-state index contributed by atoms with van der Waals surface area (Å²) in [5.74, 6) is 0.0212. The molecule has 2 atom stereocenters. The van der Waals surface area contributed by atoms with Crippen molar-refractivity contribution in [1.29, 1.82) is 0 Å². The van der Waals surface area contributed by atoms with Gasteiger partial charge in [-0.3, -0.25) is 4.79 Å². The Morgan fingerprint density at radius 3 is 2.18 bits per heavy atom. The van der Waals surface area contributed by atoms with Gasteiger partial charge in [0.1, 0.15) is 0 Å². The molecule has 0 bridgehead atoms. The Morgan fingerprint density at radius 1 is 1.12 bits per heavy atom. The smallest absolute Gasteiger partial charge is 0.234 e. The van der Waals surface area contributed by atoms with Gasteiger partial charge in [-0.05, 0) is 19.3 Å². The highest BCUT2D eigenvalue weighted by Crippen LogP contribution is 2.09. The number of rotatable bonds is 10. The van der Waals surface area contributed by atoms with Gasteiger partial charge in [0.05, 0.1) is 6.04 Å². The number of hydrogen-bond donors (Lipinski definition) is 2. The van der Waals surface area contributed by atoms with Crippen LogP contribution in [0.3, 0.4) is 0 Å². The summed E-state index contributed by atoms with van der Waals surface area (Å²) in [5.41, 5.74) is 5.38. The average molecular weight is 242 g/mol. The summed E-state index contributed by atoms with van der Waals surface area (Å²) in [4.78, 5) is 11.3. The van der Waals surface area contributed by atoms with Crippen LogP contribution in [0.25, 0.3) is 0 Å². The van der Waals surface area contributed by atoms with E-state index < -0.39 is 0 Å². The summed E-state index contributed by atoms with van der Waals surface area (Å²) in [6.45, 7) is 8.41. The lowest BCUT2D eigenvalue weighted by Gasteiger charge is -2.23. The van der Waals surface area contributed by atoms with Gasteiger partial charge in [0.2, 0.25) is 5.91 Å². The first kappa shape index (κ1) is 16.4. The molecule has 0 aromatic rings. The van der Waals surface area contributed by atoms with Crippen molar-refractivity contribution in [3.8, 4) is 0 Å². The van der Waals surface area contributed by atoms with Crippen LogP contribution in [0.15, 0.2) is 0 Å². The number of amides is 1. The molecular weight excluding hydrogens is 212 g/mol. The zero-order chi connectivity index (χ0) is 13.3. The maximum absolute atomic E-state index is 11.3. The minimum atomic E-state index is -0.238. The molecule has 0 aliphatic rings. The molecule has 0 rings (SSSR count). The first-order valence-corrected chi connectivity index (χ1v) is 7.04. The van der Waals surface area contributed by atoms with Crippen molar-refractivity contribution in [1.82, 2.24) is 5.32 Å². The minimum absolute atomic E-state index is 0.194. The number of hydrogen-bond acceptors (Lipinski definition) is 2. The van der Waals surface area contributed by atoms with E-state index in [2.05, 4.69) is 19.2 Å². The fourth-order valence-electron chi connectivity index (χ4n) is 2.05. The number of unbranched alkanes of at least 4 members (excludes halogenated alkanes) is 4. The van der Waals surface area contributed by atoms with Gasteiger partial charge in [0, 0.05) is 6.04 Å². The number of carbonyl (C=O) groups is 1. The molecule has 0 radical (unpaired) electrons. The van der Waals surface area contributed by atoms with Crippen LogP contribution in [0.4, 0.5) is 0 Å². The van der Waals surface area contributed by atoms with Crippen LogP contribution >= 0.6 is 0 Å². The van der Waals surface area contributed by atoms with Gasteiger partial charge in [-0.25, -0.2) is 0 Å². The number of primary amides is 1. The van der Waals surface area contributed by atoms with Crippen molar-refractivity contribution in [2.75, 3.05) is 0 Å². The van der Waals surface area contributed by atoms with E-state index in [1.165, 1.54) is 32.1 Å². The highest BCUT2D eigenvalue weighted by Gasteiger charge is 2.20. The second-order valence-electron chi connectivity index (χ2n) is 5.39. The third-order valence-electron chi connectivity index (χ3n) is 3.18. The lowest BCUT2D eigenvalue weighted by atomic mass is 10.0. The monoisotopic (exact) mass is 242 g/mol. The van der Waals surface area contributed by atoms with Crippen LogP contribution in [0.2, 0.25) is 0 Å². The molecule has 17 heavy (non-hydrogen) atoms. The molecule has 0 aromatic carbocycles. The predicted octanol–water partition coefficient (Wildman–Crippen LogP) is 2.83. The second kappa shape index (κ2) is 9.46. The summed E-state index contributed by atoms with van der Waals surface area (Å²) < 4.78 is 0. The maximum atomic E-state index is 11.3. The molecule has 3 N–H and O–H groups in total. The Labute approximate surface area is 107 Å². The summed E-state index contributed by atoms with van der Waals surface area (Å²) in [6.07, 6.45) is 7.59. The molecule has 3 nitrogen and oxygen atoms in total. The Balaban J connectivity index is 3.75. The molecular formula is C14H30N2O. The van der Waals surface area contributed by atoms with E-state index in [0.29, 0.717) is 6.04 Å². The molecule has 0 spiro atoms. The van der Waals surface area contributed by atoms with Crippen molar-refractivity contribution in [2.24, 2.45) is 11.7 Å². The lowest BCUT2D eigenvalue weighted by molar-refractivity contribution is -0.121. The lowest BCUT2D eigenvalue weighted by Crippen LogP contribution is -2.48. The average Bonchev–Trinajstić information content (AvgIpc) is 2.24. The molecule has 0 heterocycles. The van der Waals surface area contributed by atoms with E-state index in [1.807, 2.05) is 13.8 Å². The van der Waals surface area contributed by atoms with Crippen molar-refractivity contribution in [3.05, 3.63) is 0 Å². The third-order valence-corrected chi connectivity index (χ3v) is 3.18. The van der Waals surface area contributed by atoms with Crippen molar-refractivity contribution in [2.45, 2.75) is 78.3 Å². The van der Waals surface area contributed by atoms with Crippen LogP contribution in [0, 0.1) is 5.92 Å². The molecule has 102 valence electrons. The van der Waals surface area contributed by atoms with Crippen LogP contribution in [-0.4, -0.2) is 18.0 Å². The van der Waals surface area contributed by atoms with Crippen LogP contribution in [0.5, 0.6) is 0 Å². The normalized spacial score (nSPS) is 14.9. The van der Waals surface area contributed by atoms with Crippen molar-refractivity contribution < 1.29 is 4.79 Å². The van der Waals surface area contributed by atoms with Crippen LogP contribution < -0.4 is 11.1 Å². The summed E-state index contributed by atoms with van der Waals surface area (Å²) in [7, 11) is 0. The number of nitrogens with one attached hydrogen (secondary N) is 1. The van der Waals surface area contributed by atoms with E-state index in [0.717, 1.165) is 6.42 Å². The van der Waals surface area contributed by atoms with Gasteiger partial charge < -0.3 is 11.1 Å². The van der Waals surface area contributed by atoms with E-state index >= 15 is 0 Å². The summed E-state index contributed by atoms with van der Waals surface area (Å²) >= 11 is 0. The third kappa shape index (κ3) is 8.19. The number of nitrogens with two attached hydrogens (primary N) is 1. The van der Waals surface area contributed by atoms with E-state index in [-0.39, 0.29) is 17.9 Å².